The van der Waals surface area contributed by atoms with Gasteiger partial charge in [-0.25, -0.2) is 0 Å². The Labute approximate surface area is 159 Å². The molecule has 1 amide bonds. The van der Waals surface area contributed by atoms with Gasteiger partial charge in [-0.3, -0.25) is 9.59 Å². The molecule has 1 atom stereocenters. The van der Waals surface area contributed by atoms with Crippen molar-refractivity contribution < 1.29 is 14.3 Å². The second-order valence-electron chi connectivity index (χ2n) is 7.27. The molecule has 1 N–H and O–H groups in total. The van der Waals surface area contributed by atoms with E-state index in [2.05, 4.69) is 5.32 Å². The van der Waals surface area contributed by atoms with Gasteiger partial charge in [0.2, 0.25) is 0 Å². The Bertz CT molecular complexity index is 858. The van der Waals surface area contributed by atoms with Crippen LogP contribution in [0, 0.1) is 6.92 Å². The van der Waals surface area contributed by atoms with Gasteiger partial charge in [-0.2, -0.15) is 0 Å². The zero-order valence-electron chi connectivity index (χ0n) is 16.0. The number of hydrogen-bond acceptors (Lipinski definition) is 4. The number of pyridine rings is 1. The van der Waals surface area contributed by atoms with Gasteiger partial charge in [0.15, 0.2) is 5.79 Å². The van der Waals surface area contributed by atoms with E-state index < -0.39 is 5.79 Å². The smallest absolute Gasteiger partial charge is 0.263 e. The number of benzene rings is 1. The number of carbonyl (C=O) groups is 1. The Hall–Kier alpha value is -2.44. The van der Waals surface area contributed by atoms with Crippen LogP contribution in [0.2, 0.25) is 0 Å². The van der Waals surface area contributed by atoms with E-state index in [4.69, 9.17) is 9.47 Å². The lowest BCUT2D eigenvalue weighted by Gasteiger charge is -2.17. The summed E-state index contributed by atoms with van der Waals surface area (Å²) in [4.78, 5) is 25.4. The predicted molar refractivity (Wildman–Crippen MR) is 103 cm³/mol. The fourth-order valence-electron chi connectivity index (χ4n) is 3.17. The van der Waals surface area contributed by atoms with Crippen molar-refractivity contribution >= 4 is 5.91 Å². The number of nitrogens with one attached hydrogen (secondary N) is 1. The van der Waals surface area contributed by atoms with Crippen LogP contribution in [0.1, 0.15) is 35.3 Å². The number of hydrogen-bond donors (Lipinski definition) is 1. The minimum Gasteiger partial charge on any atom is -0.349 e. The summed E-state index contributed by atoms with van der Waals surface area (Å²) in [6, 6.07) is 11.8. The Kier molecular flexibility index (Phi) is 5.77. The van der Waals surface area contributed by atoms with E-state index in [0.29, 0.717) is 25.3 Å². The van der Waals surface area contributed by atoms with Crippen LogP contribution in [0.25, 0.3) is 0 Å². The third-order valence-corrected chi connectivity index (χ3v) is 4.64. The fourth-order valence-corrected chi connectivity index (χ4v) is 3.17. The molecule has 0 spiro atoms. The van der Waals surface area contributed by atoms with Gasteiger partial charge in [0.05, 0.1) is 6.61 Å². The molecule has 0 saturated carbocycles. The third kappa shape index (κ3) is 4.84. The summed E-state index contributed by atoms with van der Waals surface area (Å²) in [5.41, 5.74) is 1.73. The molecule has 1 saturated heterocycles. The van der Waals surface area contributed by atoms with Crippen molar-refractivity contribution in [1.82, 2.24) is 9.88 Å². The van der Waals surface area contributed by atoms with Crippen LogP contribution in [-0.2, 0) is 22.4 Å². The number of rotatable bonds is 6. The second-order valence-corrected chi connectivity index (χ2v) is 7.27. The van der Waals surface area contributed by atoms with Crippen LogP contribution < -0.4 is 10.9 Å². The summed E-state index contributed by atoms with van der Waals surface area (Å²) in [6.45, 7) is 6.69. The van der Waals surface area contributed by atoms with Crippen molar-refractivity contribution in [1.29, 1.82) is 0 Å². The van der Waals surface area contributed by atoms with Gasteiger partial charge in [0.25, 0.3) is 11.5 Å². The van der Waals surface area contributed by atoms with E-state index in [-0.39, 0.29) is 23.1 Å². The molecule has 0 bridgehead atoms. The quantitative estimate of drug-likeness (QED) is 0.847. The topological polar surface area (TPSA) is 69.6 Å². The molecule has 27 heavy (non-hydrogen) atoms. The van der Waals surface area contributed by atoms with E-state index in [1.807, 2.05) is 44.2 Å². The Morgan fingerprint density at radius 3 is 2.67 bits per heavy atom. The van der Waals surface area contributed by atoms with E-state index in [0.717, 1.165) is 12.0 Å². The molecule has 2 heterocycles. The van der Waals surface area contributed by atoms with E-state index >= 15 is 0 Å². The summed E-state index contributed by atoms with van der Waals surface area (Å²) in [5.74, 6) is -1.01. The predicted octanol–water partition coefficient (Wildman–Crippen LogP) is 2.28. The normalized spacial score (nSPS) is 18.4. The van der Waals surface area contributed by atoms with Crippen LogP contribution in [0.4, 0.5) is 0 Å². The van der Waals surface area contributed by atoms with Crippen molar-refractivity contribution in [3.8, 4) is 0 Å². The lowest BCUT2D eigenvalue weighted by Crippen LogP contribution is -2.38. The van der Waals surface area contributed by atoms with Crippen molar-refractivity contribution in [2.24, 2.45) is 0 Å². The Morgan fingerprint density at radius 1 is 1.26 bits per heavy atom. The number of amides is 1. The van der Waals surface area contributed by atoms with Gasteiger partial charge in [-0.15, -0.1) is 0 Å². The molecule has 2 aromatic rings. The summed E-state index contributed by atoms with van der Waals surface area (Å²) >= 11 is 0. The van der Waals surface area contributed by atoms with E-state index in [9.17, 15) is 9.59 Å². The highest BCUT2D eigenvalue weighted by Crippen LogP contribution is 2.21. The SMILES string of the molecule is Cc1ccn(CCc2ccccc2)c(=O)c1C(=O)NCC1COC(C)(C)O1. The molecule has 3 rings (SSSR count). The molecule has 6 nitrogen and oxygen atoms in total. The van der Waals surface area contributed by atoms with Crippen molar-refractivity contribution in [2.45, 2.75) is 45.6 Å². The molecule has 1 aromatic heterocycles. The average Bonchev–Trinajstić information content (AvgIpc) is 2.99. The van der Waals surface area contributed by atoms with Crippen molar-refractivity contribution in [3.05, 3.63) is 69.6 Å². The molecule has 1 aliphatic rings. The number of nitrogens with zero attached hydrogens (tertiary/aromatic N) is 1. The minimum atomic E-state index is -0.637. The van der Waals surface area contributed by atoms with Crippen LogP contribution in [0.15, 0.2) is 47.4 Å². The highest BCUT2D eigenvalue weighted by molar-refractivity contribution is 5.95. The third-order valence-electron chi connectivity index (χ3n) is 4.64. The number of aryl methyl sites for hydroxylation is 3. The first kappa shape index (κ1) is 19.3. The summed E-state index contributed by atoms with van der Waals surface area (Å²) in [7, 11) is 0. The molecule has 1 aliphatic heterocycles. The number of aromatic nitrogens is 1. The molecular formula is C21H26N2O4. The summed E-state index contributed by atoms with van der Waals surface area (Å²) in [5, 5.41) is 2.80. The molecule has 1 unspecified atom stereocenters. The van der Waals surface area contributed by atoms with E-state index in [1.165, 1.54) is 0 Å². The first-order valence-electron chi connectivity index (χ1n) is 9.20. The molecule has 0 radical (unpaired) electrons. The minimum absolute atomic E-state index is 0.184. The highest BCUT2D eigenvalue weighted by Gasteiger charge is 2.32. The zero-order chi connectivity index (χ0) is 19.4. The fraction of sp³-hybridized carbons (Fsp3) is 0.429. The van der Waals surface area contributed by atoms with Gasteiger partial charge < -0.3 is 19.4 Å². The van der Waals surface area contributed by atoms with Crippen LogP contribution >= 0.6 is 0 Å². The first-order valence-corrected chi connectivity index (χ1v) is 9.20. The molecule has 1 aromatic carbocycles. The van der Waals surface area contributed by atoms with Crippen LogP contribution in [-0.4, -0.2) is 35.5 Å². The van der Waals surface area contributed by atoms with Gasteiger partial charge >= 0.3 is 0 Å². The lowest BCUT2D eigenvalue weighted by molar-refractivity contribution is -0.137. The maximum atomic E-state index is 12.8. The molecule has 6 heteroatoms. The molecule has 0 aliphatic carbocycles. The maximum absolute atomic E-state index is 12.8. The molecule has 144 valence electrons. The number of ether oxygens (including phenoxy) is 2. The van der Waals surface area contributed by atoms with Gasteiger partial charge in [-0.1, -0.05) is 30.3 Å². The Balaban J connectivity index is 1.67. The lowest BCUT2D eigenvalue weighted by atomic mass is 10.1. The van der Waals surface area contributed by atoms with Gasteiger partial charge in [0.1, 0.15) is 11.7 Å². The van der Waals surface area contributed by atoms with Crippen LogP contribution in [0.5, 0.6) is 0 Å². The maximum Gasteiger partial charge on any atom is 0.263 e. The molecular weight excluding hydrogens is 344 g/mol. The average molecular weight is 370 g/mol. The monoisotopic (exact) mass is 370 g/mol. The van der Waals surface area contributed by atoms with Gasteiger partial charge in [0, 0.05) is 19.3 Å². The Morgan fingerprint density at radius 2 is 2.00 bits per heavy atom. The largest absolute Gasteiger partial charge is 0.349 e. The first-order chi connectivity index (χ1) is 12.9. The van der Waals surface area contributed by atoms with Crippen LogP contribution in [0.3, 0.4) is 0 Å². The zero-order valence-corrected chi connectivity index (χ0v) is 16.0. The van der Waals surface area contributed by atoms with Crippen molar-refractivity contribution in [2.75, 3.05) is 13.2 Å². The van der Waals surface area contributed by atoms with Gasteiger partial charge in [-0.05, 0) is 44.4 Å². The summed E-state index contributed by atoms with van der Waals surface area (Å²) < 4.78 is 12.8. The van der Waals surface area contributed by atoms with E-state index in [1.54, 1.807) is 23.8 Å². The van der Waals surface area contributed by atoms with Crippen molar-refractivity contribution in [3.63, 3.8) is 0 Å². The second kappa shape index (κ2) is 8.06. The number of carbonyl (C=O) groups excluding carboxylic acids is 1. The standard InChI is InChI=1S/C21H26N2O4/c1-15-9-11-23(12-10-16-7-5-4-6-8-16)20(25)18(15)19(24)22-13-17-14-26-21(2,3)27-17/h4-9,11,17H,10,12-14H2,1-3H3,(H,22,24). The molecule has 1 fully saturated rings. The summed E-state index contributed by atoms with van der Waals surface area (Å²) in [6.07, 6.45) is 2.26. The highest BCUT2D eigenvalue weighted by atomic mass is 16.7.